The van der Waals surface area contributed by atoms with E-state index in [9.17, 15) is 14.4 Å². The van der Waals surface area contributed by atoms with E-state index >= 15 is 0 Å². The van der Waals surface area contributed by atoms with Gasteiger partial charge >= 0.3 is 17.9 Å². The molecule has 27 heavy (non-hydrogen) atoms. The first-order valence-corrected chi connectivity index (χ1v) is 8.95. The first kappa shape index (κ1) is 21.0. The highest BCUT2D eigenvalue weighted by molar-refractivity contribution is 6.30. The SMILES string of the molecule is C=C(CC(=O)OC1Cc2ccc(Cl)cc2C1)C(=O)OCC(=O)OC(C)(C)C. The number of ether oxygens (including phenoxy) is 3. The summed E-state index contributed by atoms with van der Waals surface area (Å²) in [6, 6.07) is 5.57. The number of halogens is 1. The van der Waals surface area contributed by atoms with E-state index in [4.69, 9.17) is 25.8 Å². The molecular formula is C20H23ClO6. The molecule has 0 fully saturated rings. The Bertz CT molecular complexity index is 762. The fraction of sp³-hybridized carbons (Fsp3) is 0.450. The zero-order valence-corrected chi connectivity index (χ0v) is 16.4. The Balaban J connectivity index is 1.75. The fourth-order valence-electron chi connectivity index (χ4n) is 2.70. The van der Waals surface area contributed by atoms with E-state index in [1.807, 2.05) is 12.1 Å². The minimum absolute atomic E-state index is 0.0814. The molecule has 0 aliphatic heterocycles. The molecule has 0 radical (unpaired) electrons. The molecule has 1 aromatic carbocycles. The number of carbonyl (C=O) groups is 3. The van der Waals surface area contributed by atoms with Gasteiger partial charge in [-0.2, -0.15) is 0 Å². The fourth-order valence-corrected chi connectivity index (χ4v) is 2.90. The van der Waals surface area contributed by atoms with Gasteiger partial charge < -0.3 is 14.2 Å². The molecule has 0 saturated carbocycles. The molecule has 0 amide bonds. The Labute approximate surface area is 163 Å². The lowest BCUT2D eigenvalue weighted by molar-refractivity contribution is -0.165. The number of esters is 3. The molecule has 7 heteroatoms. The zero-order valence-electron chi connectivity index (χ0n) is 15.7. The third-order valence-corrected chi connectivity index (χ3v) is 3.98. The van der Waals surface area contributed by atoms with Crippen LogP contribution in [-0.2, 0) is 41.4 Å². The molecule has 0 saturated heterocycles. The standard InChI is InChI=1S/C20H23ClO6/c1-12(19(24)25-11-18(23)27-20(2,3)4)7-17(22)26-16-9-13-5-6-15(21)8-14(13)10-16/h5-6,8,16H,1,7,9-11H2,2-4H3. The third-order valence-electron chi connectivity index (χ3n) is 3.75. The number of carbonyl (C=O) groups excluding carboxylic acids is 3. The molecule has 1 aliphatic carbocycles. The van der Waals surface area contributed by atoms with E-state index in [1.165, 1.54) is 0 Å². The molecule has 6 nitrogen and oxygen atoms in total. The molecule has 0 heterocycles. The van der Waals surface area contributed by atoms with Gasteiger partial charge in [0.25, 0.3) is 0 Å². The monoisotopic (exact) mass is 394 g/mol. The van der Waals surface area contributed by atoms with Crippen LogP contribution in [0.5, 0.6) is 0 Å². The maximum absolute atomic E-state index is 12.0. The minimum Gasteiger partial charge on any atom is -0.461 e. The lowest BCUT2D eigenvalue weighted by atomic mass is 10.1. The third kappa shape index (κ3) is 6.71. The molecule has 1 aromatic rings. The summed E-state index contributed by atoms with van der Waals surface area (Å²) in [5, 5.41) is 0.641. The van der Waals surface area contributed by atoms with Gasteiger partial charge in [-0.05, 0) is 44.0 Å². The molecule has 0 N–H and O–H groups in total. The summed E-state index contributed by atoms with van der Waals surface area (Å²) in [4.78, 5) is 35.4. The van der Waals surface area contributed by atoms with Crippen molar-refractivity contribution in [2.24, 2.45) is 0 Å². The average molecular weight is 395 g/mol. The predicted octanol–water partition coefficient (Wildman–Crippen LogP) is 3.18. The second kappa shape index (κ2) is 8.57. The number of hydrogen-bond donors (Lipinski definition) is 0. The molecule has 2 rings (SSSR count). The van der Waals surface area contributed by atoms with Gasteiger partial charge in [-0.25, -0.2) is 9.59 Å². The van der Waals surface area contributed by atoms with E-state index < -0.39 is 30.1 Å². The quantitative estimate of drug-likeness (QED) is 0.419. The molecule has 1 aliphatic rings. The van der Waals surface area contributed by atoms with Gasteiger partial charge in [0.15, 0.2) is 6.61 Å². The van der Waals surface area contributed by atoms with Crippen LogP contribution in [0.15, 0.2) is 30.4 Å². The van der Waals surface area contributed by atoms with Gasteiger partial charge in [0.1, 0.15) is 11.7 Å². The van der Waals surface area contributed by atoms with Crippen molar-refractivity contribution in [2.75, 3.05) is 6.61 Å². The van der Waals surface area contributed by atoms with Crippen molar-refractivity contribution in [3.8, 4) is 0 Å². The van der Waals surface area contributed by atoms with Crippen LogP contribution in [0.3, 0.4) is 0 Å². The molecular weight excluding hydrogens is 372 g/mol. The van der Waals surface area contributed by atoms with Crippen LogP contribution in [-0.4, -0.2) is 36.2 Å². The maximum atomic E-state index is 12.0. The molecule has 1 atom stereocenters. The number of benzene rings is 1. The molecule has 1 unspecified atom stereocenters. The number of fused-ring (bicyclic) bond motifs is 1. The molecule has 0 aromatic heterocycles. The van der Waals surface area contributed by atoms with E-state index in [1.54, 1.807) is 26.8 Å². The van der Waals surface area contributed by atoms with Gasteiger partial charge in [0, 0.05) is 23.4 Å². The van der Waals surface area contributed by atoms with Crippen LogP contribution in [0.25, 0.3) is 0 Å². The van der Waals surface area contributed by atoms with Crippen LogP contribution in [0.1, 0.15) is 38.3 Å². The van der Waals surface area contributed by atoms with Gasteiger partial charge in [-0.3, -0.25) is 4.79 Å². The van der Waals surface area contributed by atoms with Crippen LogP contribution < -0.4 is 0 Å². The summed E-state index contributed by atoms with van der Waals surface area (Å²) >= 11 is 5.96. The summed E-state index contributed by atoms with van der Waals surface area (Å²) in [5.74, 6) is -2.08. The Kier molecular flexibility index (Phi) is 6.65. The first-order valence-electron chi connectivity index (χ1n) is 8.57. The summed E-state index contributed by atoms with van der Waals surface area (Å²) < 4.78 is 15.2. The number of rotatable bonds is 6. The summed E-state index contributed by atoms with van der Waals surface area (Å²) in [5.41, 5.74) is 1.39. The van der Waals surface area contributed by atoms with Gasteiger partial charge in [0.2, 0.25) is 0 Å². The number of hydrogen-bond acceptors (Lipinski definition) is 6. The Morgan fingerprint density at radius 2 is 1.81 bits per heavy atom. The van der Waals surface area contributed by atoms with Crippen LogP contribution in [0.2, 0.25) is 5.02 Å². The summed E-state index contributed by atoms with van der Waals surface area (Å²) in [6.07, 6.45) is 0.586. The second-order valence-corrected chi connectivity index (χ2v) is 7.81. The Morgan fingerprint density at radius 1 is 1.15 bits per heavy atom. The van der Waals surface area contributed by atoms with Gasteiger partial charge in [-0.15, -0.1) is 0 Å². The normalized spacial score (nSPS) is 15.6. The maximum Gasteiger partial charge on any atom is 0.344 e. The second-order valence-electron chi connectivity index (χ2n) is 7.38. The van der Waals surface area contributed by atoms with Crippen molar-refractivity contribution in [2.45, 2.75) is 51.7 Å². The van der Waals surface area contributed by atoms with Crippen LogP contribution >= 0.6 is 11.6 Å². The van der Waals surface area contributed by atoms with Gasteiger partial charge in [0.05, 0.1) is 6.42 Å². The predicted molar refractivity (Wildman–Crippen MR) is 99.3 cm³/mol. The highest BCUT2D eigenvalue weighted by Gasteiger charge is 2.26. The minimum atomic E-state index is -0.834. The smallest absolute Gasteiger partial charge is 0.344 e. The van der Waals surface area contributed by atoms with Crippen molar-refractivity contribution in [3.05, 3.63) is 46.5 Å². The van der Waals surface area contributed by atoms with E-state index in [0.717, 1.165) is 11.1 Å². The average Bonchev–Trinajstić information content (AvgIpc) is 2.91. The lowest BCUT2D eigenvalue weighted by Gasteiger charge is -2.19. The van der Waals surface area contributed by atoms with E-state index in [2.05, 4.69) is 6.58 Å². The van der Waals surface area contributed by atoms with Crippen LogP contribution in [0, 0.1) is 0 Å². The van der Waals surface area contributed by atoms with Crippen molar-refractivity contribution >= 4 is 29.5 Å². The summed E-state index contributed by atoms with van der Waals surface area (Å²) in [7, 11) is 0. The Morgan fingerprint density at radius 3 is 2.48 bits per heavy atom. The molecule has 146 valence electrons. The molecule has 0 bridgehead atoms. The topological polar surface area (TPSA) is 78.9 Å². The highest BCUT2D eigenvalue weighted by Crippen LogP contribution is 2.27. The molecule has 0 spiro atoms. The van der Waals surface area contributed by atoms with Crippen molar-refractivity contribution in [3.63, 3.8) is 0 Å². The van der Waals surface area contributed by atoms with E-state index in [-0.39, 0.29) is 18.1 Å². The van der Waals surface area contributed by atoms with Crippen LogP contribution in [0.4, 0.5) is 0 Å². The van der Waals surface area contributed by atoms with Crippen molar-refractivity contribution in [1.29, 1.82) is 0 Å². The largest absolute Gasteiger partial charge is 0.461 e. The summed E-state index contributed by atoms with van der Waals surface area (Å²) in [6.45, 7) is 8.10. The van der Waals surface area contributed by atoms with Crippen molar-refractivity contribution in [1.82, 2.24) is 0 Å². The van der Waals surface area contributed by atoms with Crippen molar-refractivity contribution < 1.29 is 28.6 Å². The first-order chi connectivity index (χ1) is 12.5. The highest BCUT2D eigenvalue weighted by atomic mass is 35.5. The van der Waals surface area contributed by atoms with E-state index in [0.29, 0.717) is 17.9 Å². The lowest BCUT2D eigenvalue weighted by Crippen LogP contribution is -2.28. The zero-order chi connectivity index (χ0) is 20.2. The Hall–Kier alpha value is -2.34. The van der Waals surface area contributed by atoms with Gasteiger partial charge in [-0.1, -0.05) is 24.2 Å².